The summed E-state index contributed by atoms with van der Waals surface area (Å²) in [6.45, 7) is 3.01. The molecule has 0 aliphatic rings. The largest absolute Gasteiger partial charge is 0.393 e. The molecule has 92 valence electrons. The zero-order valence-electron chi connectivity index (χ0n) is 10.5. The Hall–Kier alpha value is -0.0800. The lowest BCUT2D eigenvalue weighted by molar-refractivity contribution is 0.126. The summed E-state index contributed by atoms with van der Waals surface area (Å²) in [5.41, 5.74) is 0. The smallest absolute Gasteiger partial charge is 0.0541 e. The molecule has 1 unspecified atom stereocenters. The van der Waals surface area contributed by atoms with Crippen LogP contribution < -0.4 is 0 Å². The van der Waals surface area contributed by atoms with Gasteiger partial charge in [0.25, 0.3) is 0 Å². The molecule has 1 N–H and O–H groups in total. The van der Waals surface area contributed by atoms with Crippen LogP contribution in [0, 0.1) is 0 Å². The number of rotatable bonds is 11. The second-order valence-corrected chi connectivity index (χ2v) is 4.35. The lowest BCUT2D eigenvalue weighted by atomic mass is 10.0. The SMILES string of the molecule is CCCCCCCCC(O)CCCOC. The van der Waals surface area contributed by atoms with Crippen LogP contribution in [0.3, 0.4) is 0 Å². The molecule has 0 bridgehead atoms. The standard InChI is InChI=1S/C13H28O2/c1-3-4-5-6-7-8-10-13(14)11-9-12-15-2/h13-14H,3-12H2,1-2H3. The molecule has 0 aliphatic heterocycles. The molecule has 0 aliphatic carbocycles. The molecule has 0 saturated carbocycles. The third kappa shape index (κ3) is 11.8. The first-order valence-corrected chi connectivity index (χ1v) is 6.48. The van der Waals surface area contributed by atoms with E-state index in [2.05, 4.69) is 6.92 Å². The Bertz CT molecular complexity index is 115. The minimum Gasteiger partial charge on any atom is -0.393 e. The second-order valence-electron chi connectivity index (χ2n) is 4.35. The number of methoxy groups -OCH3 is 1. The lowest BCUT2D eigenvalue weighted by Gasteiger charge is -2.09. The van der Waals surface area contributed by atoms with Gasteiger partial charge in [-0.2, -0.15) is 0 Å². The zero-order chi connectivity index (χ0) is 11.4. The first-order valence-electron chi connectivity index (χ1n) is 6.48. The molecule has 15 heavy (non-hydrogen) atoms. The van der Waals surface area contributed by atoms with Crippen LogP contribution in [-0.4, -0.2) is 24.9 Å². The highest BCUT2D eigenvalue weighted by Crippen LogP contribution is 2.11. The summed E-state index contributed by atoms with van der Waals surface area (Å²) in [6.07, 6.45) is 10.5. The van der Waals surface area contributed by atoms with Crippen molar-refractivity contribution in [1.29, 1.82) is 0 Å². The molecule has 1 atom stereocenters. The average Bonchev–Trinajstić information content (AvgIpc) is 2.23. The molecule has 2 nitrogen and oxygen atoms in total. The van der Waals surface area contributed by atoms with E-state index in [1.165, 1.54) is 38.5 Å². The Labute approximate surface area is 95.0 Å². The molecule has 0 rings (SSSR count). The number of hydrogen-bond donors (Lipinski definition) is 1. The predicted octanol–water partition coefficient (Wildman–Crippen LogP) is 3.52. The summed E-state index contributed by atoms with van der Waals surface area (Å²) in [7, 11) is 1.71. The maximum atomic E-state index is 9.62. The molecule has 0 aromatic carbocycles. The summed E-state index contributed by atoms with van der Waals surface area (Å²) in [6, 6.07) is 0. The van der Waals surface area contributed by atoms with E-state index < -0.39 is 0 Å². The maximum absolute atomic E-state index is 9.62. The van der Waals surface area contributed by atoms with Crippen molar-refractivity contribution < 1.29 is 9.84 Å². The van der Waals surface area contributed by atoms with Gasteiger partial charge in [-0.25, -0.2) is 0 Å². The van der Waals surface area contributed by atoms with Gasteiger partial charge >= 0.3 is 0 Å². The van der Waals surface area contributed by atoms with Gasteiger partial charge in [0.15, 0.2) is 0 Å². The van der Waals surface area contributed by atoms with Gasteiger partial charge in [0, 0.05) is 13.7 Å². The molecule has 0 spiro atoms. The van der Waals surface area contributed by atoms with Crippen LogP contribution >= 0.6 is 0 Å². The predicted molar refractivity (Wildman–Crippen MR) is 65.1 cm³/mol. The highest BCUT2D eigenvalue weighted by atomic mass is 16.5. The highest BCUT2D eigenvalue weighted by molar-refractivity contribution is 4.56. The van der Waals surface area contributed by atoms with Gasteiger partial charge in [-0.05, 0) is 19.3 Å². The Balaban J connectivity index is 3.06. The van der Waals surface area contributed by atoms with Gasteiger partial charge in [-0.15, -0.1) is 0 Å². The first kappa shape index (κ1) is 14.9. The molecular formula is C13H28O2. The summed E-state index contributed by atoms with van der Waals surface area (Å²) in [5, 5.41) is 9.62. The van der Waals surface area contributed by atoms with Crippen LogP contribution in [0.4, 0.5) is 0 Å². The minimum atomic E-state index is -0.105. The number of ether oxygens (including phenoxy) is 1. The lowest BCUT2D eigenvalue weighted by Crippen LogP contribution is -2.07. The Morgan fingerprint density at radius 1 is 0.933 bits per heavy atom. The topological polar surface area (TPSA) is 29.5 Å². The van der Waals surface area contributed by atoms with E-state index in [-0.39, 0.29) is 6.10 Å². The van der Waals surface area contributed by atoms with E-state index in [1.54, 1.807) is 7.11 Å². The fraction of sp³-hybridized carbons (Fsp3) is 1.00. The van der Waals surface area contributed by atoms with Gasteiger partial charge in [0.1, 0.15) is 0 Å². The summed E-state index contributed by atoms with van der Waals surface area (Å²) >= 11 is 0. The number of aliphatic hydroxyl groups excluding tert-OH is 1. The van der Waals surface area contributed by atoms with Crippen molar-refractivity contribution in [2.45, 2.75) is 70.8 Å². The number of unbranched alkanes of at least 4 members (excludes halogenated alkanes) is 5. The summed E-state index contributed by atoms with van der Waals surface area (Å²) < 4.78 is 4.95. The Morgan fingerprint density at radius 3 is 2.20 bits per heavy atom. The monoisotopic (exact) mass is 216 g/mol. The molecule has 0 aromatic rings. The normalized spacial score (nSPS) is 13.0. The van der Waals surface area contributed by atoms with E-state index in [4.69, 9.17) is 4.74 Å². The molecule has 0 saturated heterocycles. The van der Waals surface area contributed by atoms with Gasteiger partial charge in [-0.3, -0.25) is 0 Å². The van der Waals surface area contributed by atoms with E-state index in [9.17, 15) is 5.11 Å². The summed E-state index contributed by atoms with van der Waals surface area (Å²) in [5.74, 6) is 0. The van der Waals surface area contributed by atoms with Crippen molar-refractivity contribution >= 4 is 0 Å². The minimum absolute atomic E-state index is 0.105. The quantitative estimate of drug-likeness (QED) is 0.535. The van der Waals surface area contributed by atoms with Crippen molar-refractivity contribution in [3.8, 4) is 0 Å². The van der Waals surface area contributed by atoms with Gasteiger partial charge in [-0.1, -0.05) is 45.4 Å². The second kappa shape index (κ2) is 12.0. The molecule has 0 aromatic heterocycles. The van der Waals surface area contributed by atoms with Crippen molar-refractivity contribution in [3.05, 3.63) is 0 Å². The van der Waals surface area contributed by atoms with Crippen LogP contribution in [0.1, 0.15) is 64.7 Å². The van der Waals surface area contributed by atoms with Crippen molar-refractivity contribution in [2.75, 3.05) is 13.7 Å². The van der Waals surface area contributed by atoms with Crippen LogP contribution in [0.15, 0.2) is 0 Å². The zero-order valence-corrected chi connectivity index (χ0v) is 10.5. The van der Waals surface area contributed by atoms with Gasteiger partial charge in [0.05, 0.1) is 6.10 Å². The van der Waals surface area contributed by atoms with E-state index in [0.29, 0.717) is 0 Å². The Morgan fingerprint density at radius 2 is 1.53 bits per heavy atom. The number of aliphatic hydroxyl groups is 1. The molecule has 0 radical (unpaired) electrons. The third-order valence-electron chi connectivity index (χ3n) is 2.78. The van der Waals surface area contributed by atoms with Crippen LogP contribution in [0.5, 0.6) is 0 Å². The Kier molecular flexibility index (Phi) is 11.9. The molecule has 0 heterocycles. The third-order valence-corrected chi connectivity index (χ3v) is 2.78. The van der Waals surface area contributed by atoms with Crippen molar-refractivity contribution in [3.63, 3.8) is 0 Å². The van der Waals surface area contributed by atoms with E-state index in [0.717, 1.165) is 25.9 Å². The van der Waals surface area contributed by atoms with Crippen LogP contribution in [0.25, 0.3) is 0 Å². The van der Waals surface area contributed by atoms with Gasteiger partial charge in [0.2, 0.25) is 0 Å². The van der Waals surface area contributed by atoms with Gasteiger partial charge < -0.3 is 9.84 Å². The molecule has 0 fully saturated rings. The fourth-order valence-corrected chi connectivity index (χ4v) is 1.77. The average molecular weight is 216 g/mol. The van der Waals surface area contributed by atoms with Crippen molar-refractivity contribution in [1.82, 2.24) is 0 Å². The summed E-state index contributed by atoms with van der Waals surface area (Å²) in [4.78, 5) is 0. The maximum Gasteiger partial charge on any atom is 0.0541 e. The first-order chi connectivity index (χ1) is 7.31. The van der Waals surface area contributed by atoms with E-state index in [1.807, 2.05) is 0 Å². The molecule has 0 amide bonds. The highest BCUT2D eigenvalue weighted by Gasteiger charge is 2.02. The molecular weight excluding hydrogens is 188 g/mol. The van der Waals surface area contributed by atoms with Crippen molar-refractivity contribution in [2.24, 2.45) is 0 Å². The van der Waals surface area contributed by atoms with Crippen LogP contribution in [0.2, 0.25) is 0 Å². The molecule has 2 heteroatoms. The fourth-order valence-electron chi connectivity index (χ4n) is 1.77. The number of hydrogen-bond acceptors (Lipinski definition) is 2. The van der Waals surface area contributed by atoms with E-state index >= 15 is 0 Å². The van der Waals surface area contributed by atoms with Crippen LogP contribution in [-0.2, 0) is 4.74 Å².